The summed E-state index contributed by atoms with van der Waals surface area (Å²) in [5, 5.41) is 2.90. The van der Waals surface area contributed by atoms with Gasteiger partial charge in [-0.3, -0.25) is 13.9 Å². The number of benzene rings is 2. The van der Waals surface area contributed by atoms with E-state index in [1.54, 1.807) is 56.5 Å². The topological polar surface area (TPSA) is 96.0 Å². The number of carbonyl (C=O) groups excluding carboxylic acids is 2. The van der Waals surface area contributed by atoms with E-state index in [0.717, 1.165) is 26.2 Å². The number of hydrogen-bond acceptors (Lipinski definition) is 5. The Morgan fingerprint density at radius 2 is 1.71 bits per heavy atom. The Balaban J connectivity index is 2.42. The second-order valence-corrected chi connectivity index (χ2v) is 12.2. The number of aryl methyl sites for hydroxylation is 1. The van der Waals surface area contributed by atoms with Crippen LogP contribution < -0.4 is 14.4 Å². The summed E-state index contributed by atoms with van der Waals surface area (Å²) in [6.45, 7) is 8.72. The van der Waals surface area contributed by atoms with Gasteiger partial charge in [0.05, 0.1) is 19.1 Å². The number of ether oxygens (including phenoxy) is 1. The molecule has 2 aromatic carbocycles. The summed E-state index contributed by atoms with van der Waals surface area (Å²) in [4.78, 5) is 27.9. The SMILES string of the molecule is COc1ccc(CN(C(=O)CN(c2ccc(Br)c(C)c2)S(C)(=O)=O)[C@H](C)C(=O)NC(C)(C)C)cc1. The molecule has 0 unspecified atom stereocenters. The van der Waals surface area contributed by atoms with Gasteiger partial charge in [0.25, 0.3) is 0 Å². The number of methoxy groups -OCH3 is 1. The predicted octanol–water partition coefficient (Wildman–Crippen LogP) is 3.86. The Kier molecular flexibility index (Phi) is 9.36. The zero-order valence-corrected chi connectivity index (χ0v) is 23.7. The first kappa shape index (κ1) is 28.6. The number of rotatable bonds is 9. The van der Waals surface area contributed by atoms with Crippen LogP contribution in [0.3, 0.4) is 0 Å². The molecule has 0 saturated heterocycles. The van der Waals surface area contributed by atoms with Gasteiger partial charge in [0.2, 0.25) is 21.8 Å². The van der Waals surface area contributed by atoms with E-state index in [-0.39, 0.29) is 12.5 Å². The Labute approximate surface area is 216 Å². The maximum Gasteiger partial charge on any atom is 0.244 e. The van der Waals surface area contributed by atoms with Gasteiger partial charge in [-0.2, -0.15) is 0 Å². The Morgan fingerprint density at radius 1 is 1.11 bits per heavy atom. The van der Waals surface area contributed by atoms with E-state index < -0.39 is 34.1 Å². The number of hydrogen-bond donors (Lipinski definition) is 1. The third kappa shape index (κ3) is 8.24. The van der Waals surface area contributed by atoms with Gasteiger partial charge in [-0.05, 0) is 76.1 Å². The highest BCUT2D eigenvalue weighted by molar-refractivity contribution is 9.10. The quantitative estimate of drug-likeness (QED) is 0.496. The number of amides is 2. The molecular weight excluding hydrogens is 534 g/mol. The minimum Gasteiger partial charge on any atom is -0.497 e. The lowest BCUT2D eigenvalue weighted by molar-refractivity contribution is -0.140. The summed E-state index contributed by atoms with van der Waals surface area (Å²) in [5.41, 5.74) is 1.49. The molecule has 8 nitrogen and oxygen atoms in total. The first-order valence-corrected chi connectivity index (χ1v) is 13.7. The predicted molar refractivity (Wildman–Crippen MR) is 142 cm³/mol. The first-order valence-electron chi connectivity index (χ1n) is 11.1. The lowest BCUT2D eigenvalue weighted by Gasteiger charge is -2.33. The molecule has 0 spiro atoms. The van der Waals surface area contributed by atoms with Crippen LogP contribution in [0.2, 0.25) is 0 Å². The second-order valence-electron chi connectivity index (χ2n) is 9.49. The molecule has 35 heavy (non-hydrogen) atoms. The lowest BCUT2D eigenvalue weighted by Crippen LogP contribution is -2.54. The largest absolute Gasteiger partial charge is 0.497 e. The molecule has 0 heterocycles. The molecule has 2 amide bonds. The van der Waals surface area contributed by atoms with Crippen molar-refractivity contribution < 1.29 is 22.7 Å². The third-order valence-electron chi connectivity index (χ3n) is 5.29. The van der Waals surface area contributed by atoms with Crippen molar-refractivity contribution in [1.29, 1.82) is 0 Å². The molecule has 1 atom stereocenters. The number of carbonyl (C=O) groups is 2. The van der Waals surface area contributed by atoms with E-state index in [0.29, 0.717) is 11.4 Å². The average molecular weight is 569 g/mol. The summed E-state index contributed by atoms with van der Waals surface area (Å²) < 4.78 is 32.4. The monoisotopic (exact) mass is 567 g/mol. The minimum absolute atomic E-state index is 0.124. The number of sulfonamides is 1. The molecule has 0 bridgehead atoms. The van der Waals surface area contributed by atoms with Crippen LogP contribution in [0.1, 0.15) is 38.8 Å². The van der Waals surface area contributed by atoms with Gasteiger partial charge in [-0.1, -0.05) is 28.1 Å². The van der Waals surface area contributed by atoms with Crippen LogP contribution in [0, 0.1) is 6.92 Å². The molecule has 0 aliphatic carbocycles. The number of anilines is 1. The maximum atomic E-state index is 13.6. The summed E-state index contributed by atoms with van der Waals surface area (Å²) in [5.74, 6) is -0.160. The highest BCUT2D eigenvalue weighted by atomic mass is 79.9. The normalized spacial score (nSPS) is 12.6. The Hall–Kier alpha value is -2.59. The highest BCUT2D eigenvalue weighted by Crippen LogP contribution is 2.25. The fourth-order valence-electron chi connectivity index (χ4n) is 3.38. The summed E-state index contributed by atoms with van der Waals surface area (Å²) in [6, 6.07) is 11.4. The van der Waals surface area contributed by atoms with Crippen LogP contribution in [0.5, 0.6) is 5.75 Å². The molecule has 192 valence electrons. The van der Waals surface area contributed by atoms with Crippen LogP contribution in [0.4, 0.5) is 5.69 Å². The van der Waals surface area contributed by atoms with Crippen LogP contribution in [0.25, 0.3) is 0 Å². The zero-order valence-electron chi connectivity index (χ0n) is 21.3. The average Bonchev–Trinajstić information content (AvgIpc) is 2.75. The van der Waals surface area contributed by atoms with Gasteiger partial charge >= 0.3 is 0 Å². The van der Waals surface area contributed by atoms with Crippen molar-refractivity contribution >= 4 is 43.5 Å². The van der Waals surface area contributed by atoms with Crippen LogP contribution >= 0.6 is 15.9 Å². The number of nitrogens with one attached hydrogen (secondary N) is 1. The molecule has 0 radical (unpaired) electrons. The molecule has 2 aromatic rings. The van der Waals surface area contributed by atoms with Crippen molar-refractivity contribution in [2.24, 2.45) is 0 Å². The van der Waals surface area contributed by atoms with Gasteiger partial charge in [-0.25, -0.2) is 8.42 Å². The molecule has 0 aliphatic heterocycles. The molecule has 0 aromatic heterocycles. The van der Waals surface area contributed by atoms with Crippen LogP contribution in [-0.2, 0) is 26.2 Å². The standard InChI is InChI=1S/C25H34BrN3O5S/c1-17-14-20(10-13-22(17)26)29(35(7,32)33)16-23(30)28(18(2)24(31)27-25(3,4)5)15-19-8-11-21(34-6)12-9-19/h8-14,18H,15-16H2,1-7H3,(H,27,31)/t18-/m1/s1. The lowest BCUT2D eigenvalue weighted by atomic mass is 10.1. The van der Waals surface area contributed by atoms with Crippen LogP contribution in [-0.4, -0.2) is 56.6 Å². The van der Waals surface area contributed by atoms with E-state index >= 15 is 0 Å². The fraction of sp³-hybridized carbons (Fsp3) is 0.440. The van der Waals surface area contributed by atoms with Gasteiger partial charge in [0, 0.05) is 16.6 Å². The molecule has 0 aliphatic rings. The third-order valence-corrected chi connectivity index (χ3v) is 7.32. The summed E-state index contributed by atoms with van der Waals surface area (Å²) in [6.07, 6.45) is 1.06. The van der Waals surface area contributed by atoms with Crippen molar-refractivity contribution in [2.75, 3.05) is 24.2 Å². The van der Waals surface area contributed by atoms with Crippen molar-refractivity contribution in [3.8, 4) is 5.75 Å². The van der Waals surface area contributed by atoms with Gasteiger partial charge in [-0.15, -0.1) is 0 Å². The van der Waals surface area contributed by atoms with Crippen LogP contribution in [0.15, 0.2) is 46.9 Å². The summed E-state index contributed by atoms with van der Waals surface area (Å²) >= 11 is 3.41. The molecular formula is C25H34BrN3O5S. The molecule has 10 heteroatoms. The maximum absolute atomic E-state index is 13.6. The molecule has 0 saturated carbocycles. The first-order chi connectivity index (χ1) is 16.1. The van der Waals surface area contributed by atoms with Crippen molar-refractivity contribution in [3.05, 3.63) is 58.1 Å². The zero-order chi connectivity index (χ0) is 26.6. The van der Waals surface area contributed by atoms with E-state index in [1.165, 1.54) is 4.90 Å². The van der Waals surface area contributed by atoms with E-state index in [2.05, 4.69) is 21.2 Å². The van der Waals surface area contributed by atoms with Crippen molar-refractivity contribution in [3.63, 3.8) is 0 Å². The van der Waals surface area contributed by atoms with E-state index in [9.17, 15) is 18.0 Å². The number of nitrogens with zero attached hydrogens (tertiary/aromatic N) is 2. The Morgan fingerprint density at radius 3 is 2.20 bits per heavy atom. The fourth-order valence-corrected chi connectivity index (χ4v) is 4.47. The second kappa shape index (κ2) is 11.4. The highest BCUT2D eigenvalue weighted by Gasteiger charge is 2.31. The van der Waals surface area contributed by atoms with Gasteiger partial charge < -0.3 is 15.0 Å². The molecule has 1 N–H and O–H groups in total. The van der Waals surface area contributed by atoms with E-state index in [1.807, 2.05) is 27.7 Å². The van der Waals surface area contributed by atoms with Gasteiger partial charge in [0.15, 0.2) is 0 Å². The van der Waals surface area contributed by atoms with Gasteiger partial charge in [0.1, 0.15) is 18.3 Å². The molecule has 2 rings (SSSR count). The minimum atomic E-state index is -3.78. The summed E-state index contributed by atoms with van der Waals surface area (Å²) in [7, 11) is -2.22. The molecule has 0 fully saturated rings. The van der Waals surface area contributed by atoms with E-state index in [4.69, 9.17) is 4.74 Å². The van der Waals surface area contributed by atoms with Crippen molar-refractivity contribution in [2.45, 2.75) is 52.7 Å². The van der Waals surface area contributed by atoms with Crippen molar-refractivity contribution in [1.82, 2.24) is 10.2 Å². The Bertz CT molecular complexity index is 1160. The number of halogens is 1. The smallest absolute Gasteiger partial charge is 0.244 e.